The summed E-state index contributed by atoms with van der Waals surface area (Å²) < 4.78 is 5.64. The highest BCUT2D eigenvalue weighted by Gasteiger charge is 2.18. The normalized spacial score (nSPS) is 18.3. The van der Waals surface area contributed by atoms with E-state index in [2.05, 4.69) is 59.3 Å². The average Bonchev–Trinajstić information content (AvgIpc) is 3.31. The van der Waals surface area contributed by atoms with Crippen molar-refractivity contribution in [3.63, 3.8) is 0 Å². The van der Waals surface area contributed by atoms with Crippen LogP contribution in [0.15, 0.2) is 41.8 Å². The summed E-state index contributed by atoms with van der Waals surface area (Å²) in [5, 5.41) is 9.57. The monoisotopic (exact) mass is 360 g/mol. The Bertz CT molecular complexity index is 634. The highest BCUT2D eigenvalue weighted by molar-refractivity contribution is 7.80. The molecule has 2 heterocycles. The van der Waals surface area contributed by atoms with Gasteiger partial charge in [-0.15, -0.1) is 11.3 Å². The fourth-order valence-corrected chi connectivity index (χ4v) is 3.92. The van der Waals surface area contributed by atoms with Crippen molar-refractivity contribution < 1.29 is 4.74 Å². The van der Waals surface area contributed by atoms with E-state index >= 15 is 0 Å². The van der Waals surface area contributed by atoms with E-state index in [1.165, 1.54) is 16.0 Å². The maximum Gasteiger partial charge on any atom is 0.167 e. The minimum atomic E-state index is 0.0837. The molecule has 1 fully saturated rings. The van der Waals surface area contributed by atoms with E-state index in [4.69, 9.17) is 17.0 Å². The first-order valence-corrected chi connectivity index (χ1v) is 9.83. The van der Waals surface area contributed by atoms with Crippen molar-refractivity contribution in [3.05, 3.63) is 57.8 Å². The molecule has 0 radical (unpaired) electrons. The van der Waals surface area contributed by atoms with E-state index in [1.54, 1.807) is 11.3 Å². The highest BCUT2D eigenvalue weighted by Crippen LogP contribution is 2.26. The molecule has 3 nitrogen and oxygen atoms in total. The third-order valence-electron chi connectivity index (χ3n) is 4.34. The van der Waals surface area contributed by atoms with Crippen molar-refractivity contribution in [2.45, 2.75) is 38.3 Å². The molecule has 0 unspecified atom stereocenters. The Morgan fingerprint density at radius 1 is 1.33 bits per heavy atom. The van der Waals surface area contributed by atoms with E-state index < -0.39 is 0 Å². The molecule has 2 N–H and O–H groups in total. The van der Waals surface area contributed by atoms with E-state index in [-0.39, 0.29) is 12.1 Å². The summed E-state index contributed by atoms with van der Waals surface area (Å²) in [6.07, 6.45) is 3.60. The molecule has 1 aromatic heterocycles. The molecule has 5 heteroatoms. The largest absolute Gasteiger partial charge is 0.376 e. The van der Waals surface area contributed by atoms with Gasteiger partial charge < -0.3 is 15.4 Å². The van der Waals surface area contributed by atoms with E-state index in [0.717, 1.165) is 32.4 Å². The Labute approximate surface area is 153 Å². The van der Waals surface area contributed by atoms with Gasteiger partial charge in [0.05, 0.1) is 12.1 Å². The van der Waals surface area contributed by atoms with Crippen molar-refractivity contribution in [2.75, 3.05) is 13.2 Å². The molecular formula is C19H24N2OS2. The molecule has 2 atom stereocenters. The number of thiophene rings is 1. The van der Waals surface area contributed by atoms with Crippen LogP contribution in [0, 0.1) is 0 Å². The van der Waals surface area contributed by atoms with Crippen LogP contribution in [0.25, 0.3) is 0 Å². The maximum atomic E-state index is 5.64. The summed E-state index contributed by atoms with van der Waals surface area (Å²) in [7, 11) is 0. The number of nitrogens with one attached hydrogen (secondary N) is 2. The van der Waals surface area contributed by atoms with Crippen LogP contribution in [-0.4, -0.2) is 24.4 Å². The van der Waals surface area contributed by atoms with Gasteiger partial charge in [-0.3, -0.25) is 0 Å². The van der Waals surface area contributed by atoms with Crippen LogP contribution >= 0.6 is 23.6 Å². The number of benzene rings is 1. The molecule has 0 saturated carbocycles. The Balaban J connectivity index is 1.66. The lowest BCUT2D eigenvalue weighted by Gasteiger charge is -2.21. The summed E-state index contributed by atoms with van der Waals surface area (Å²) in [5.41, 5.74) is 2.58. The first kappa shape index (κ1) is 17.4. The van der Waals surface area contributed by atoms with Crippen LogP contribution in [0.3, 0.4) is 0 Å². The standard InChI is InChI=1S/C19H24N2OS2/c1-2-14-7-9-15(10-8-14)18(17-6-4-12-24-17)21-19(23)20-13-16-5-3-11-22-16/h4,6-10,12,16,18H,2-3,5,11,13H2,1H3,(H2,20,21,23)/t16-,18-/m1/s1. The molecule has 3 rings (SSSR count). The fraction of sp³-hybridized carbons (Fsp3) is 0.421. The summed E-state index contributed by atoms with van der Waals surface area (Å²) in [5.74, 6) is 0. The van der Waals surface area contributed by atoms with Gasteiger partial charge in [0.25, 0.3) is 0 Å². The Morgan fingerprint density at radius 3 is 2.79 bits per heavy atom. The molecule has 1 aliphatic heterocycles. The molecule has 0 amide bonds. The van der Waals surface area contributed by atoms with E-state index in [0.29, 0.717) is 5.11 Å². The number of thiocarbonyl (C=S) groups is 1. The first-order valence-electron chi connectivity index (χ1n) is 8.54. The van der Waals surface area contributed by atoms with Gasteiger partial charge >= 0.3 is 0 Å². The van der Waals surface area contributed by atoms with Gasteiger partial charge in [0.2, 0.25) is 0 Å². The van der Waals surface area contributed by atoms with Gasteiger partial charge in [0.1, 0.15) is 0 Å². The summed E-state index contributed by atoms with van der Waals surface area (Å²) >= 11 is 7.26. The first-order chi connectivity index (χ1) is 11.8. The quantitative estimate of drug-likeness (QED) is 0.762. The van der Waals surface area contributed by atoms with Crippen molar-refractivity contribution >= 4 is 28.7 Å². The predicted molar refractivity (Wildman–Crippen MR) is 105 cm³/mol. The molecule has 1 aromatic carbocycles. The Hall–Kier alpha value is -1.43. The lowest BCUT2D eigenvalue weighted by molar-refractivity contribution is 0.114. The molecule has 128 valence electrons. The lowest BCUT2D eigenvalue weighted by Crippen LogP contribution is -2.41. The van der Waals surface area contributed by atoms with Crippen molar-refractivity contribution in [1.82, 2.24) is 10.6 Å². The summed E-state index contributed by atoms with van der Waals surface area (Å²) in [6, 6.07) is 13.1. The van der Waals surface area contributed by atoms with Crippen LogP contribution in [0.4, 0.5) is 0 Å². The average molecular weight is 361 g/mol. The molecule has 1 aliphatic rings. The number of aryl methyl sites for hydroxylation is 1. The van der Waals surface area contributed by atoms with E-state index in [1.807, 2.05) is 0 Å². The topological polar surface area (TPSA) is 33.3 Å². The van der Waals surface area contributed by atoms with Crippen molar-refractivity contribution in [3.8, 4) is 0 Å². The second-order valence-corrected chi connectivity index (χ2v) is 7.42. The molecule has 2 aromatic rings. The van der Waals surface area contributed by atoms with Crippen LogP contribution < -0.4 is 10.6 Å². The zero-order valence-corrected chi connectivity index (χ0v) is 15.6. The second kappa shape index (κ2) is 8.60. The van der Waals surface area contributed by atoms with Crippen molar-refractivity contribution in [1.29, 1.82) is 0 Å². The SMILES string of the molecule is CCc1ccc([C@@H](NC(=S)NC[C@H]2CCCO2)c2cccs2)cc1. The highest BCUT2D eigenvalue weighted by atomic mass is 32.1. The molecule has 1 saturated heterocycles. The Morgan fingerprint density at radius 2 is 2.17 bits per heavy atom. The summed E-state index contributed by atoms with van der Waals surface area (Å²) in [4.78, 5) is 1.26. The Kier molecular flexibility index (Phi) is 6.24. The van der Waals surface area contributed by atoms with Crippen LogP contribution in [0.5, 0.6) is 0 Å². The molecule has 0 spiro atoms. The maximum absolute atomic E-state index is 5.64. The van der Waals surface area contributed by atoms with Crippen LogP contribution in [-0.2, 0) is 11.2 Å². The molecule has 24 heavy (non-hydrogen) atoms. The minimum absolute atomic E-state index is 0.0837. The van der Waals surface area contributed by atoms with Gasteiger partial charge in [-0.1, -0.05) is 37.3 Å². The number of rotatable bonds is 6. The van der Waals surface area contributed by atoms with Gasteiger partial charge in [-0.25, -0.2) is 0 Å². The zero-order valence-electron chi connectivity index (χ0n) is 14.0. The molecule has 0 aliphatic carbocycles. The van der Waals surface area contributed by atoms with Crippen LogP contribution in [0.2, 0.25) is 0 Å². The second-order valence-electron chi connectivity index (χ2n) is 6.03. The summed E-state index contributed by atoms with van der Waals surface area (Å²) in [6.45, 7) is 3.82. The number of hydrogen-bond acceptors (Lipinski definition) is 3. The van der Waals surface area contributed by atoms with Gasteiger partial charge in [-0.2, -0.15) is 0 Å². The number of hydrogen-bond donors (Lipinski definition) is 2. The fourth-order valence-electron chi connectivity index (χ4n) is 2.91. The number of ether oxygens (including phenoxy) is 1. The smallest absolute Gasteiger partial charge is 0.167 e. The molecule has 0 bridgehead atoms. The predicted octanol–water partition coefficient (Wildman–Crippen LogP) is 4.04. The van der Waals surface area contributed by atoms with Crippen molar-refractivity contribution in [2.24, 2.45) is 0 Å². The van der Waals surface area contributed by atoms with Gasteiger partial charge in [-0.05, 0) is 54.1 Å². The molecular weight excluding hydrogens is 336 g/mol. The van der Waals surface area contributed by atoms with Gasteiger partial charge in [0, 0.05) is 18.0 Å². The zero-order chi connectivity index (χ0) is 16.8. The minimum Gasteiger partial charge on any atom is -0.376 e. The van der Waals surface area contributed by atoms with E-state index in [9.17, 15) is 0 Å². The van der Waals surface area contributed by atoms with Crippen LogP contribution in [0.1, 0.15) is 41.8 Å². The third kappa shape index (κ3) is 4.56. The van der Waals surface area contributed by atoms with Gasteiger partial charge in [0.15, 0.2) is 5.11 Å². The third-order valence-corrected chi connectivity index (χ3v) is 5.54. The lowest BCUT2D eigenvalue weighted by atomic mass is 10.0.